The Labute approximate surface area is 163 Å². The van der Waals surface area contributed by atoms with Gasteiger partial charge in [-0.15, -0.1) is 16.5 Å². The van der Waals surface area contributed by atoms with Crippen LogP contribution in [0.25, 0.3) is 0 Å². The largest absolute Gasteiger partial charge is 0.465 e. The van der Waals surface area contributed by atoms with Crippen molar-refractivity contribution >= 4 is 74.2 Å². The molecule has 0 saturated heterocycles. The van der Waals surface area contributed by atoms with Crippen molar-refractivity contribution in [3.05, 3.63) is 50.2 Å². The molecule has 1 aromatic heterocycles. The molecule has 2 rings (SSSR count). The van der Waals surface area contributed by atoms with E-state index in [2.05, 4.69) is 27.9 Å². The summed E-state index contributed by atoms with van der Waals surface area (Å²) in [7, 11) is 0. The molecule has 0 unspecified atom stereocenters. The molecule has 1 atom stereocenters. The molecule has 0 fully saturated rings. The van der Waals surface area contributed by atoms with Crippen LogP contribution in [0.5, 0.6) is 0 Å². The molecule has 122 valence electrons. The maximum Gasteiger partial charge on any atom is 0.406 e. The van der Waals surface area contributed by atoms with Crippen molar-refractivity contribution < 1.29 is 19.2 Å². The molecular weight excluding hydrogens is 549 g/mol. The Hall–Kier alpha value is -0.950. The molecule has 1 aromatic carbocycles. The number of thiophene rings is 1. The fourth-order valence-electron chi connectivity index (χ4n) is 1.84. The number of benzene rings is 1. The van der Waals surface area contributed by atoms with Crippen molar-refractivity contribution in [3.8, 4) is 0 Å². The third-order valence-electron chi connectivity index (χ3n) is 2.87. The lowest BCUT2D eigenvalue weighted by Crippen LogP contribution is -2.55. The van der Waals surface area contributed by atoms with E-state index in [1.54, 1.807) is 46.9 Å². The lowest BCUT2D eigenvalue weighted by atomic mass is 10.1. The van der Waals surface area contributed by atoms with E-state index < -0.39 is 15.5 Å². The van der Waals surface area contributed by atoms with Crippen LogP contribution in [0.1, 0.15) is 4.88 Å². The van der Waals surface area contributed by atoms with Gasteiger partial charge in [0.1, 0.15) is 0 Å². The van der Waals surface area contributed by atoms with Gasteiger partial charge in [-0.3, -0.25) is 10.1 Å². The lowest BCUT2D eigenvalue weighted by Gasteiger charge is -2.28. The van der Waals surface area contributed by atoms with Gasteiger partial charge in [0.15, 0.2) is 3.55 Å². The molecule has 9 heteroatoms. The maximum absolute atomic E-state index is 14.5. The standard InChI is InChI=1S/C14H11FI2N2O3S/c15-19(10-5-3-9(16)4-6-10)12(20)14(17,18-13(21)22)8-11-2-1-7-23-11/h1-7,18H,8H2,(H,21,22)/t14-/m1/s1. The van der Waals surface area contributed by atoms with Crippen molar-refractivity contribution in [1.29, 1.82) is 0 Å². The molecular formula is C14H11FI2N2O3S. The number of nitrogens with one attached hydrogen (secondary N) is 1. The zero-order chi connectivity index (χ0) is 17.0. The first-order chi connectivity index (χ1) is 10.8. The predicted octanol–water partition coefficient (Wildman–Crippen LogP) is 4.21. The van der Waals surface area contributed by atoms with Crippen LogP contribution in [0.2, 0.25) is 0 Å². The Kier molecular flexibility index (Phi) is 6.19. The van der Waals surface area contributed by atoms with E-state index >= 15 is 0 Å². The number of halogens is 3. The van der Waals surface area contributed by atoms with E-state index in [0.29, 0.717) is 0 Å². The molecule has 0 bridgehead atoms. The SMILES string of the molecule is O=C(O)N[C@](I)(Cc1cccs1)C(=O)N(F)c1ccc(I)cc1. The quantitative estimate of drug-likeness (QED) is 0.249. The number of carbonyl (C=O) groups is 2. The number of carboxylic acid groups (broad SMARTS) is 1. The lowest BCUT2D eigenvalue weighted by molar-refractivity contribution is -0.123. The number of anilines is 1. The van der Waals surface area contributed by atoms with Gasteiger partial charge < -0.3 is 5.11 Å². The van der Waals surface area contributed by atoms with Crippen molar-refractivity contribution in [2.24, 2.45) is 0 Å². The maximum atomic E-state index is 14.5. The van der Waals surface area contributed by atoms with Crippen LogP contribution in [0.3, 0.4) is 0 Å². The summed E-state index contributed by atoms with van der Waals surface area (Å²) < 4.78 is 13.7. The first-order valence-electron chi connectivity index (χ1n) is 6.30. The number of nitrogens with zero attached hydrogens (tertiary/aromatic N) is 1. The highest BCUT2D eigenvalue weighted by atomic mass is 127. The Bertz CT molecular complexity index is 697. The average Bonchev–Trinajstić information content (AvgIpc) is 2.98. The third-order valence-corrected chi connectivity index (χ3v) is 5.58. The van der Waals surface area contributed by atoms with E-state index in [9.17, 15) is 14.1 Å². The van der Waals surface area contributed by atoms with Gasteiger partial charge in [0.2, 0.25) is 0 Å². The van der Waals surface area contributed by atoms with Crippen molar-refractivity contribution in [1.82, 2.24) is 5.32 Å². The highest BCUT2D eigenvalue weighted by molar-refractivity contribution is 14.1. The van der Waals surface area contributed by atoms with Crippen LogP contribution in [-0.2, 0) is 11.2 Å². The molecule has 2 N–H and O–H groups in total. The molecule has 0 aliphatic rings. The summed E-state index contributed by atoms with van der Waals surface area (Å²) in [5, 5.41) is 12.9. The molecule has 1 heterocycles. The normalized spacial score (nSPS) is 13.2. The minimum absolute atomic E-state index is 0.0218. The van der Waals surface area contributed by atoms with Gasteiger partial charge in [0, 0.05) is 14.9 Å². The fraction of sp³-hybridized carbons (Fsp3) is 0.143. The van der Waals surface area contributed by atoms with Crippen LogP contribution in [0.15, 0.2) is 41.8 Å². The second-order valence-corrected chi connectivity index (χ2v) is 8.67. The Morgan fingerprint density at radius 2 is 1.96 bits per heavy atom. The molecule has 23 heavy (non-hydrogen) atoms. The number of amides is 2. The summed E-state index contributed by atoms with van der Waals surface area (Å²) >= 11 is 5.09. The summed E-state index contributed by atoms with van der Waals surface area (Å²) in [5.74, 6) is -0.977. The zero-order valence-electron chi connectivity index (χ0n) is 11.5. The monoisotopic (exact) mass is 560 g/mol. The molecule has 0 aliphatic carbocycles. The van der Waals surface area contributed by atoms with Gasteiger partial charge in [0.25, 0.3) is 5.91 Å². The van der Waals surface area contributed by atoms with Gasteiger partial charge in [-0.2, -0.15) is 0 Å². The summed E-state index contributed by atoms with van der Waals surface area (Å²) in [5.41, 5.74) is 0.0508. The van der Waals surface area contributed by atoms with Gasteiger partial charge in [-0.25, -0.2) is 4.79 Å². The van der Waals surface area contributed by atoms with E-state index in [0.717, 1.165) is 8.45 Å². The van der Waals surface area contributed by atoms with Gasteiger partial charge in [0.05, 0.1) is 5.69 Å². The zero-order valence-corrected chi connectivity index (χ0v) is 16.6. The van der Waals surface area contributed by atoms with Crippen molar-refractivity contribution in [2.75, 3.05) is 5.12 Å². The predicted molar refractivity (Wildman–Crippen MR) is 104 cm³/mol. The Morgan fingerprint density at radius 1 is 1.30 bits per heavy atom. The minimum atomic E-state index is -1.63. The second kappa shape index (κ2) is 7.75. The summed E-state index contributed by atoms with van der Waals surface area (Å²) in [6.07, 6.45) is -1.33. The Balaban J connectivity index is 2.28. The number of carbonyl (C=O) groups excluding carboxylic acids is 1. The molecule has 2 aromatic rings. The smallest absolute Gasteiger partial charge is 0.406 e. The highest BCUT2D eigenvalue weighted by Crippen LogP contribution is 2.29. The summed E-state index contributed by atoms with van der Waals surface area (Å²) in [6, 6.07) is 9.80. The number of hydrogen-bond donors (Lipinski definition) is 2. The average molecular weight is 560 g/mol. The summed E-state index contributed by atoms with van der Waals surface area (Å²) in [4.78, 5) is 24.4. The molecule has 2 amide bonds. The first-order valence-corrected chi connectivity index (χ1v) is 9.34. The van der Waals surface area contributed by atoms with Crippen molar-refractivity contribution in [3.63, 3.8) is 0 Å². The van der Waals surface area contributed by atoms with Gasteiger partial charge in [-0.1, -0.05) is 10.5 Å². The van der Waals surface area contributed by atoms with Crippen LogP contribution in [-0.4, -0.2) is 20.7 Å². The van der Waals surface area contributed by atoms with E-state index in [1.165, 1.54) is 23.5 Å². The minimum Gasteiger partial charge on any atom is -0.465 e. The Morgan fingerprint density at radius 3 is 2.48 bits per heavy atom. The fourth-order valence-corrected chi connectivity index (χ4v) is 4.10. The second-order valence-electron chi connectivity index (χ2n) is 4.55. The molecule has 0 aliphatic heterocycles. The molecule has 0 radical (unpaired) electrons. The highest BCUT2D eigenvalue weighted by Gasteiger charge is 2.42. The molecule has 5 nitrogen and oxygen atoms in total. The van der Waals surface area contributed by atoms with Crippen molar-refractivity contribution in [2.45, 2.75) is 9.97 Å². The van der Waals surface area contributed by atoms with Gasteiger partial charge >= 0.3 is 6.09 Å². The first kappa shape index (κ1) is 18.4. The molecule has 0 spiro atoms. The van der Waals surface area contributed by atoms with Crippen LogP contribution >= 0.6 is 56.5 Å². The van der Waals surface area contributed by atoms with E-state index in [-0.39, 0.29) is 17.2 Å². The topological polar surface area (TPSA) is 69.6 Å². The number of hydrogen-bond acceptors (Lipinski definition) is 3. The van der Waals surface area contributed by atoms with Crippen LogP contribution < -0.4 is 10.4 Å². The van der Waals surface area contributed by atoms with Crippen LogP contribution in [0.4, 0.5) is 15.0 Å². The van der Waals surface area contributed by atoms with Gasteiger partial charge in [-0.05, 0) is 80.9 Å². The van der Waals surface area contributed by atoms with E-state index in [1.807, 2.05) is 5.38 Å². The number of alkyl halides is 1. The molecule has 0 saturated carbocycles. The third kappa shape index (κ3) is 4.76. The number of rotatable bonds is 5. The van der Waals surface area contributed by atoms with E-state index in [4.69, 9.17) is 5.11 Å². The van der Waals surface area contributed by atoms with Crippen LogP contribution in [0, 0.1) is 3.57 Å². The summed E-state index contributed by atoms with van der Waals surface area (Å²) in [6.45, 7) is 0.